The predicted octanol–water partition coefficient (Wildman–Crippen LogP) is 5.86. The molecule has 2 aromatic rings. The highest BCUT2D eigenvalue weighted by Gasteiger charge is 2.11. The highest BCUT2D eigenvalue weighted by Crippen LogP contribution is 2.31. The fraction of sp³-hybridized carbons (Fsp3) is 0. The average molecular weight is 326 g/mol. The summed E-state index contributed by atoms with van der Waals surface area (Å²) in [5, 5.41) is 18.8. The third-order valence-corrected chi connectivity index (χ3v) is 4.18. The lowest BCUT2D eigenvalue weighted by molar-refractivity contribution is 1.26. The Hall–Kier alpha value is -2.17. The summed E-state index contributed by atoms with van der Waals surface area (Å²) < 4.78 is 0. The van der Waals surface area contributed by atoms with Crippen LogP contribution in [0.1, 0.15) is 11.1 Å². The van der Waals surface area contributed by atoms with Gasteiger partial charge in [-0.2, -0.15) is 0 Å². The Labute approximate surface area is 137 Å². The molecule has 0 bridgehead atoms. The van der Waals surface area contributed by atoms with Crippen LogP contribution >= 0.6 is 23.4 Å². The normalized spacial score (nSPS) is 16.5. The number of nitrogens with one attached hydrogen (secondary N) is 1. The summed E-state index contributed by atoms with van der Waals surface area (Å²) >= 11 is 7.33. The molecule has 0 fully saturated rings. The van der Waals surface area contributed by atoms with Crippen molar-refractivity contribution in [3.8, 4) is 0 Å². The van der Waals surface area contributed by atoms with E-state index in [0.717, 1.165) is 21.7 Å². The lowest BCUT2D eigenvalue weighted by atomic mass is 10.2. The van der Waals surface area contributed by atoms with Crippen LogP contribution in [0.2, 0.25) is 5.02 Å². The fourth-order valence-corrected chi connectivity index (χ4v) is 2.80. The first-order valence-corrected chi connectivity index (χ1v) is 7.88. The first kappa shape index (κ1) is 14.8. The molecule has 0 aliphatic carbocycles. The van der Waals surface area contributed by atoms with Crippen LogP contribution in [0.25, 0.3) is 11.8 Å². The number of azo groups is 1. The summed E-state index contributed by atoms with van der Waals surface area (Å²) in [6.45, 7) is 0. The number of benzene rings is 2. The van der Waals surface area contributed by atoms with Gasteiger partial charge >= 0.3 is 0 Å². The third-order valence-electron chi connectivity index (χ3n) is 3.03. The molecule has 3 nitrogen and oxygen atoms in total. The summed E-state index contributed by atoms with van der Waals surface area (Å²) in [5.41, 5.74) is 2.72. The van der Waals surface area contributed by atoms with Gasteiger partial charge in [-0.05, 0) is 23.8 Å². The van der Waals surface area contributed by atoms with Crippen LogP contribution in [-0.4, -0.2) is 5.84 Å². The van der Waals surface area contributed by atoms with E-state index in [1.807, 2.05) is 66.1 Å². The van der Waals surface area contributed by atoms with Crippen molar-refractivity contribution in [2.24, 2.45) is 10.2 Å². The number of nitrogens with zero attached hydrogens (tertiary/aromatic N) is 2. The van der Waals surface area contributed by atoms with Gasteiger partial charge in [0.05, 0.1) is 10.6 Å². The molecular formula is C17H12ClN3S. The number of rotatable bonds is 2. The second-order valence-corrected chi connectivity index (χ2v) is 5.94. The van der Waals surface area contributed by atoms with Gasteiger partial charge in [-0.3, -0.25) is 5.41 Å². The topological polar surface area (TPSA) is 48.6 Å². The maximum Gasteiger partial charge on any atom is 0.181 e. The number of amidine groups is 1. The molecule has 0 radical (unpaired) electrons. The minimum Gasteiger partial charge on any atom is -0.280 e. The molecule has 0 unspecified atom stereocenters. The molecule has 0 saturated heterocycles. The van der Waals surface area contributed by atoms with Crippen molar-refractivity contribution in [1.82, 2.24) is 0 Å². The Balaban J connectivity index is 1.89. The van der Waals surface area contributed by atoms with E-state index >= 15 is 0 Å². The van der Waals surface area contributed by atoms with Crippen molar-refractivity contribution < 1.29 is 0 Å². The van der Waals surface area contributed by atoms with E-state index in [1.54, 1.807) is 0 Å². The standard InChI is InChI=1S/C17H12ClN3S/c18-14-8-6-12(7-9-14)10-16-17(19)21-20-15(11-22-16)13-4-2-1-3-5-13/h1-11,19H/b16-10-,19-17?. The number of halogens is 1. The second kappa shape index (κ2) is 6.73. The monoisotopic (exact) mass is 325 g/mol. The second-order valence-electron chi connectivity index (χ2n) is 4.60. The molecule has 5 heteroatoms. The van der Waals surface area contributed by atoms with E-state index < -0.39 is 0 Å². The highest BCUT2D eigenvalue weighted by atomic mass is 35.5. The van der Waals surface area contributed by atoms with Crippen LogP contribution in [0.15, 0.2) is 75.1 Å². The van der Waals surface area contributed by atoms with E-state index in [9.17, 15) is 0 Å². The Morgan fingerprint density at radius 1 is 0.955 bits per heavy atom. The van der Waals surface area contributed by atoms with Crippen molar-refractivity contribution in [3.05, 3.63) is 81.1 Å². The Bertz CT molecular complexity index is 777. The van der Waals surface area contributed by atoms with E-state index in [2.05, 4.69) is 10.2 Å². The summed E-state index contributed by atoms with van der Waals surface area (Å²) in [6.07, 6.45) is 1.91. The van der Waals surface area contributed by atoms with Gasteiger partial charge in [-0.1, -0.05) is 65.8 Å². The van der Waals surface area contributed by atoms with Gasteiger partial charge in [-0.25, -0.2) is 0 Å². The molecule has 0 spiro atoms. The van der Waals surface area contributed by atoms with Crippen LogP contribution < -0.4 is 0 Å². The Kier molecular flexibility index (Phi) is 4.51. The number of hydrogen-bond donors (Lipinski definition) is 1. The first-order valence-electron chi connectivity index (χ1n) is 6.62. The highest BCUT2D eigenvalue weighted by molar-refractivity contribution is 8.07. The van der Waals surface area contributed by atoms with Gasteiger partial charge < -0.3 is 0 Å². The zero-order valence-electron chi connectivity index (χ0n) is 11.5. The van der Waals surface area contributed by atoms with Gasteiger partial charge in [0.25, 0.3) is 0 Å². The minimum absolute atomic E-state index is 0.155. The summed E-state index contributed by atoms with van der Waals surface area (Å²) in [7, 11) is 0. The zero-order valence-corrected chi connectivity index (χ0v) is 13.1. The van der Waals surface area contributed by atoms with Crippen LogP contribution in [0.4, 0.5) is 0 Å². The molecule has 0 saturated carbocycles. The zero-order chi connectivity index (χ0) is 15.4. The smallest absolute Gasteiger partial charge is 0.181 e. The maximum absolute atomic E-state index is 8.02. The molecule has 0 atom stereocenters. The molecule has 1 N–H and O–H groups in total. The molecule has 1 aliphatic heterocycles. The molecule has 3 rings (SSSR count). The summed E-state index contributed by atoms with van der Waals surface area (Å²) in [5.74, 6) is 0.155. The van der Waals surface area contributed by atoms with Crippen molar-refractivity contribution in [3.63, 3.8) is 0 Å². The first-order chi connectivity index (χ1) is 10.7. The SMILES string of the molecule is N=C1N=NC(c2ccccc2)=CS/C1=C\c1ccc(Cl)cc1. The van der Waals surface area contributed by atoms with E-state index in [0.29, 0.717) is 5.02 Å². The molecule has 0 amide bonds. The molecule has 1 heterocycles. The molecule has 1 aliphatic rings. The maximum atomic E-state index is 8.02. The number of hydrogen-bond acceptors (Lipinski definition) is 3. The Morgan fingerprint density at radius 2 is 1.68 bits per heavy atom. The molecule has 2 aromatic carbocycles. The van der Waals surface area contributed by atoms with E-state index in [-0.39, 0.29) is 5.84 Å². The Morgan fingerprint density at radius 3 is 2.41 bits per heavy atom. The lowest BCUT2D eigenvalue weighted by Gasteiger charge is -2.00. The van der Waals surface area contributed by atoms with Crippen molar-refractivity contribution in [2.45, 2.75) is 0 Å². The molecule has 22 heavy (non-hydrogen) atoms. The fourth-order valence-electron chi connectivity index (χ4n) is 1.90. The van der Waals surface area contributed by atoms with Gasteiger partial charge in [0.15, 0.2) is 5.84 Å². The van der Waals surface area contributed by atoms with Gasteiger partial charge in [0.2, 0.25) is 0 Å². The summed E-state index contributed by atoms with van der Waals surface area (Å²) in [4.78, 5) is 0.747. The third kappa shape index (κ3) is 3.53. The van der Waals surface area contributed by atoms with Gasteiger partial charge in [0, 0.05) is 16.0 Å². The summed E-state index contributed by atoms with van der Waals surface area (Å²) in [6, 6.07) is 17.3. The molecular weight excluding hydrogens is 314 g/mol. The van der Waals surface area contributed by atoms with Crippen molar-refractivity contribution in [1.29, 1.82) is 5.41 Å². The molecule has 108 valence electrons. The van der Waals surface area contributed by atoms with Crippen molar-refractivity contribution in [2.75, 3.05) is 0 Å². The van der Waals surface area contributed by atoms with Gasteiger partial charge in [-0.15, -0.1) is 10.2 Å². The van der Waals surface area contributed by atoms with Crippen LogP contribution in [0.3, 0.4) is 0 Å². The minimum atomic E-state index is 0.155. The van der Waals surface area contributed by atoms with Crippen LogP contribution in [0.5, 0.6) is 0 Å². The quantitative estimate of drug-likeness (QED) is 0.739. The van der Waals surface area contributed by atoms with Gasteiger partial charge in [0.1, 0.15) is 0 Å². The number of thioether (sulfide) groups is 1. The molecule has 0 aromatic heterocycles. The predicted molar refractivity (Wildman–Crippen MR) is 94.0 cm³/mol. The van der Waals surface area contributed by atoms with E-state index in [1.165, 1.54) is 11.8 Å². The largest absolute Gasteiger partial charge is 0.280 e. The van der Waals surface area contributed by atoms with Crippen LogP contribution in [-0.2, 0) is 0 Å². The van der Waals surface area contributed by atoms with Crippen molar-refractivity contribution >= 4 is 41.0 Å². The van der Waals surface area contributed by atoms with Crippen LogP contribution in [0, 0.1) is 5.41 Å². The average Bonchev–Trinajstić information content (AvgIpc) is 2.73. The lowest BCUT2D eigenvalue weighted by Crippen LogP contribution is -1.91. The van der Waals surface area contributed by atoms with E-state index in [4.69, 9.17) is 17.0 Å².